The number of aromatic nitrogens is 2. The minimum absolute atomic E-state index is 0.364. The SMILES string of the molecule is CCCOc1cc(NC(C)C)nc(C2CCCCC2)n1. The molecule has 0 aliphatic heterocycles. The third kappa shape index (κ3) is 4.36. The van der Waals surface area contributed by atoms with Gasteiger partial charge in [-0.3, -0.25) is 0 Å². The minimum Gasteiger partial charge on any atom is -0.478 e. The van der Waals surface area contributed by atoms with Gasteiger partial charge in [-0.1, -0.05) is 26.2 Å². The van der Waals surface area contributed by atoms with E-state index in [1.165, 1.54) is 32.1 Å². The molecule has 1 aliphatic carbocycles. The molecule has 112 valence electrons. The highest BCUT2D eigenvalue weighted by molar-refractivity contribution is 5.39. The molecule has 1 saturated carbocycles. The second-order valence-electron chi connectivity index (χ2n) is 5.93. The van der Waals surface area contributed by atoms with Crippen LogP contribution in [0.1, 0.15) is 71.0 Å². The molecule has 4 nitrogen and oxygen atoms in total. The van der Waals surface area contributed by atoms with Gasteiger partial charge < -0.3 is 10.1 Å². The molecule has 20 heavy (non-hydrogen) atoms. The van der Waals surface area contributed by atoms with Crippen LogP contribution in [-0.2, 0) is 0 Å². The third-order valence-electron chi connectivity index (χ3n) is 3.58. The maximum Gasteiger partial charge on any atom is 0.218 e. The molecule has 0 amide bonds. The molecule has 0 atom stereocenters. The van der Waals surface area contributed by atoms with Gasteiger partial charge in [0.05, 0.1) is 6.61 Å². The zero-order chi connectivity index (χ0) is 14.4. The molecular formula is C16H27N3O. The van der Waals surface area contributed by atoms with E-state index in [0.717, 1.165) is 18.1 Å². The van der Waals surface area contributed by atoms with E-state index in [2.05, 4.69) is 31.1 Å². The Morgan fingerprint density at radius 3 is 2.65 bits per heavy atom. The fraction of sp³-hybridized carbons (Fsp3) is 0.750. The third-order valence-corrected chi connectivity index (χ3v) is 3.58. The van der Waals surface area contributed by atoms with Crippen molar-refractivity contribution in [1.29, 1.82) is 0 Å². The van der Waals surface area contributed by atoms with E-state index < -0.39 is 0 Å². The van der Waals surface area contributed by atoms with Gasteiger partial charge in [0.2, 0.25) is 5.88 Å². The largest absolute Gasteiger partial charge is 0.478 e. The predicted molar refractivity (Wildman–Crippen MR) is 82.4 cm³/mol. The Bertz CT molecular complexity index is 414. The van der Waals surface area contributed by atoms with Crippen LogP contribution in [0.4, 0.5) is 5.82 Å². The fourth-order valence-corrected chi connectivity index (χ4v) is 2.64. The van der Waals surface area contributed by atoms with Gasteiger partial charge in [-0.05, 0) is 33.1 Å². The van der Waals surface area contributed by atoms with Gasteiger partial charge in [-0.15, -0.1) is 0 Å². The number of nitrogens with zero attached hydrogens (tertiary/aromatic N) is 2. The van der Waals surface area contributed by atoms with Crippen LogP contribution in [0, 0.1) is 0 Å². The Labute approximate surface area is 122 Å². The van der Waals surface area contributed by atoms with Crippen molar-refractivity contribution in [3.8, 4) is 5.88 Å². The number of ether oxygens (including phenoxy) is 1. The molecule has 1 aliphatic rings. The van der Waals surface area contributed by atoms with Crippen LogP contribution < -0.4 is 10.1 Å². The molecule has 1 N–H and O–H groups in total. The van der Waals surface area contributed by atoms with Gasteiger partial charge in [0.25, 0.3) is 0 Å². The monoisotopic (exact) mass is 277 g/mol. The first-order chi connectivity index (χ1) is 9.69. The van der Waals surface area contributed by atoms with E-state index >= 15 is 0 Å². The maximum atomic E-state index is 5.72. The fourth-order valence-electron chi connectivity index (χ4n) is 2.64. The Balaban J connectivity index is 2.19. The lowest BCUT2D eigenvalue weighted by Gasteiger charge is -2.21. The van der Waals surface area contributed by atoms with Gasteiger partial charge in [0, 0.05) is 18.0 Å². The first kappa shape index (κ1) is 15.1. The quantitative estimate of drug-likeness (QED) is 0.849. The minimum atomic E-state index is 0.364. The Hall–Kier alpha value is -1.32. The number of rotatable bonds is 6. The van der Waals surface area contributed by atoms with Gasteiger partial charge in [0.1, 0.15) is 11.6 Å². The first-order valence-electron chi connectivity index (χ1n) is 7.97. The number of hydrogen-bond donors (Lipinski definition) is 1. The van der Waals surface area contributed by atoms with Crippen molar-refractivity contribution in [2.24, 2.45) is 0 Å². The van der Waals surface area contributed by atoms with Crippen LogP contribution in [0.5, 0.6) is 5.88 Å². The molecule has 0 aromatic carbocycles. The second-order valence-corrected chi connectivity index (χ2v) is 5.93. The number of hydrogen-bond acceptors (Lipinski definition) is 4. The van der Waals surface area contributed by atoms with E-state index in [1.807, 2.05) is 6.07 Å². The highest BCUT2D eigenvalue weighted by atomic mass is 16.5. The van der Waals surface area contributed by atoms with Crippen LogP contribution in [0.2, 0.25) is 0 Å². The summed E-state index contributed by atoms with van der Waals surface area (Å²) < 4.78 is 5.72. The molecule has 0 bridgehead atoms. The summed E-state index contributed by atoms with van der Waals surface area (Å²) in [6, 6.07) is 2.28. The molecule has 1 heterocycles. The molecule has 1 aromatic rings. The zero-order valence-electron chi connectivity index (χ0n) is 13.0. The van der Waals surface area contributed by atoms with E-state index in [9.17, 15) is 0 Å². The smallest absolute Gasteiger partial charge is 0.218 e. The summed E-state index contributed by atoms with van der Waals surface area (Å²) in [5.74, 6) is 3.07. The van der Waals surface area contributed by atoms with Crippen molar-refractivity contribution < 1.29 is 4.74 Å². The Morgan fingerprint density at radius 2 is 2.00 bits per heavy atom. The van der Waals surface area contributed by atoms with Gasteiger partial charge in [-0.2, -0.15) is 4.98 Å². The summed E-state index contributed by atoms with van der Waals surface area (Å²) in [5.41, 5.74) is 0. The molecule has 0 unspecified atom stereocenters. The van der Waals surface area contributed by atoms with Crippen LogP contribution in [-0.4, -0.2) is 22.6 Å². The van der Waals surface area contributed by atoms with E-state index in [0.29, 0.717) is 24.4 Å². The van der Waals surface area contributed by atoms with Gasteiger partial charge >= 0.3 is 0 Å². The molecule has 1 fully saturated rings. The molecule has 0 saturated heterocycles. The molecule has 2 rings (SSSR count). The topological polar surface area (TPSA) is 47.0 Å². The highest BCUT2D eigenvalue weighted by Crippen LogP contribution is 2.32. The van der Waals surface area contributed by atoms with Crippen LogP contribution in [0.15, 0.2) is 6.07 Å². The molecule has 0 spiro atoms. The summed E-state index contributed by atoms with van der Waals surface area (Å²) in [6.45, 7) is 7.06. The van der Waals surface area contributed by atoms with Crippen molar-refractivity contribution in [2.75, 3.05) is 11.9 Å². The van der Waals surface area contributed by atoms with Gasteiger partial charge in [-0.25, -0.2) is 4.98 Å². The molecule has 4 heteroatoms. The van der Waals surface area contributed by atoms with Gasteiger partial charge in [0.15, 0.2) is 0 Å². The summed E-state index contributed by atoms with van der Waals surface area (Å²) in [6.07, 6.45) is 7.34. The van der Waals surface area contributed by atoms with Crippen molar-refractivity contribution in [3.05, 3.63) is 11.9 Å². The highest BCUT2D eigenvalue weighted by Gasteiger charge is 2.20. The van der Waals surface area contributed by atoms with Crippen LogP contribution in [0.3, 0.4) is 0 Å². The summed E-state index contributed by atoms with van der Waals surface area (Å²) >= 11 is 0. The average molecular weight is 277 g/mol. The summed E-state index contributed by atoms with van der Waals surface area (Å²) in [5, 5.41) is 3.37. The lowest BCUT2D eigenvalue weighted by Crippen LogP contribution is -2.15. The van der Waals surface area contributed by atoms with E-state index in [-0.39, 0.29) is 0 Å². The normalized spacial score (nSPS) is 16.4. The molecule has 1 aromatic heterocycles. The van der Waals surface area contributed by atoms with E-state index in [1.54, 1.807) is 0 Å². The van der Waals surface area contributed by atoms with Crippen molar-refractivity contribution in [2.45, 2.75) is 71.3 Å². The lowest BCUT2D eigenvalue weighted by molar-refractivity contribution is 0.301. The maximum absolute atomic E-state index is 5.72. The van der Waals surface area contributed by atoms with Crippen molar-refractivity contribution in [1.82, 2.24) is 9.97 Å². The summed E-state index contributed by atoms with van der Waals surface area (Å²) in [7, 11) is 0. The first-order valence-corrected chi connectivity index (χ1v) is 7.97. The van der Waals surface area contributed by atoms with Crippen molar-refractivity contribution in [3.63, 3.8) is 0 Å². The second kappa shape index (κ2) is 7.46. The predicted octanol–water partition coefficient (Wildman–Crippen LogP) is 4.13. The molecular weight excluding hydrogens is 250 g/mol. The summed E-state index contributed by atoms with van der Waals surface area (Å²) in [4.78, 5) is 9.33. The van der Waals surface area contributed by atoms with E-state index in [4.69, 9.17) is 9.72 Å². The van der Waals surface area contributed by atoms with Crippen LogP contribution in [0.25, 0.3) is 0 Å². The number of anilines is 1. The zero-order valence-corrected chi connectivity index (χ0v) is 13.0. The Morgan fingerprint density at radius 1 is 1.25 bits per heavy atom. The lowest BCUT2D eigenvalue weighted by atomic mass is 9.89. The van der Waals surface area contributed by atoms with Crippen molar-refractivity contribution >= 4 is 5.82 Å². The molecule has 0 radical (unpaired) electrons. The van der Waals surface area contributed by atoms with Crippen LogP contribution >= 0.6 is 0 Å². The Kier molecular flexibility index (Phi) is 5.62. The average Bonchev–Trinajstić information content (AvgIpc) is 2.45. The number of nitrogens with one attached hydrogen (secondary N) is 1. The standard InChI is InChI=1S/C16H27N3O/c1-4-10-20-15-11-14(17-12(2)3)18-16(19-15)13-8-6-5-7-9-13/h11-13H,4-10H2,1-3H3,(H,17,18,19).